The van der Waals surface area contributed by atoms with E-state index in [2.05, 4.69) is 9.73 Å². The molecule has 0 unspecified atom stereocenters. The molecule has 1 aromatic heterocycles. The number of nitrogens with zero attached hydrogens (tertiary/aromatic N) is 2. The number of hydrogen-bond donors (Lipinski definition) is 0. The summed E-state index contributed by atoms with van der Waals surface area (Å²) in [6.45, 7) is 2.11. The van der Waals surface area contributed by atoms with Gasteiger partial charge in [0.15, 0.2) is 6.61 Å². The van der Waals surface area contributed by atoms with Gasteiger partial charge in [0.1, 0.15) is 17.9 Å². The average molecular weight is 282 g/mol. The van der Waals surface area contributed by atoms with Gasteiger partial charge < -0.3 is 14.4 Å². The summed E-state index contributed by atoms with van der Waals surface area (Å²) >= 11 is 1.56. The van der Waals surface area contributed by atoms with E-state index in [-0.39, 0.29) is 19.8 Å². The monoisotopic (exact) mass is 282 g/mol. The van der Waals surface area contributed by atoms with Gasteiger partial charge >= 0.3 is 11.9 Å². The SMILES string of the molecule is CCOC(=O)COC(=O)CN1C=c2ccsc2=NC1. The fourth-order valence-electron chi connectivity index (χ4n) is 1.58. The molecule has 7 heteroatoms. The first-order chi connectivity index (χ1) is 9.19. The van der Waals surface area contributed by atoms with Crippen LogP contribution >= 0.6 is 11.3 Å². The van der Waals surface area contributed by atoms with Gasteiger partial charge in [-0.25, -0.2) is 4.79 Å². The maximum absolute atomic E-state index is 11.5. The second-order valence-corrected chi connectivity index (χ2v) is 4.72. The topological polar surface area (TPSA) is 68.2 Å². The van der Waals surface area contributed by atoms with E-state index >= 15 is 0 Å². The molecular weight excluding hydrogens is 268 g/mol. The molecule has 0 spiro atoms. The fourth-order valence-corrected chi connectivity index (χ4v) is 2.31. The van der Waals surface area contributed by atoms with Crippen molar-refractivity contribution < 1.29 is 19.1 Å². The molecule has 1 aromatic rings. The summed E-state index contributed by atoms with van der Waals surface area (Å²) in [4.78, 5) is 28.6. The lowest BCUT2D eigenvalue weighted by molar-refractivity contribution is -0.158. The van der Waals surface area contributed by atoms with Crippen molar-refractivity contribution in [1.82, 2.24) is 4.90 Å². The minimum atomic E-state index is -0.539. The number of ether oxygens (including phenoxy) is 2. The zero-order chi connectivity index (χ0) is 13.7. The maximum Gasteiger partial charge on any atom is 0.344 e. The third-order valence-electron chi connectivity index (χ3n) is 2.38. The molecule has 6 nitrogen and oxygen atoms in total. The molecule has 1 aliphatic heterocycles. The number of rotatable bonds is 5. The van der Waals surface area contributed by atoms with Crippen LogP contribution < -0.4 is 9.89 Å². The van der Waals surface area contributed by atoms with Crippen molar-refractivity contribution in [2.24, 2.45) is 4.99 Å². The highest BCUT2D eigenvalue weighted by atomic mass is 32.1. The number of fused-ring (bicyclic) bond motifs is 1. The van der Waals surface area contributed by atoms with Crippen LogP contribution in [0.3, 0.4) is 0 Å². The third kappa shape index (κ3) is 3.78. The predicted molar refractivity (Wildman–Crippen MR) is 68.7 cm³/mol. The van der Waals surface area contributed by atoms with Crippen molar-refractivity contribution in [1.29, 1.82) is 0 Å². The molecule has 2 heterocycles. The second-order valence-electron chi connectivity index (χ2n) is 3.82. The minimum absolute atomic E-state index is 0.0677. The molecule has 102 valence electrons. The molecule has 0 amide bonds. The summed E-state index contributed by atoms with van der Waals surface area (Å²) in [7, 11) is 0. The highest BCUT2D eigenvalue weighted by molar-refractivity contribution is 7.07. The smallest absolute Gasteiger partial charge is 0.344 e. The van der Waals surface area contributed by atoms with E-state index in [1.165, 1.54) is 0 Å². The van der Waals surface area contributed by atoms with Crippen LogP contribution in [0.5, 0.6) is 0 Å². The number of carbonyl (C=O) groups is 2. The Morgan fingerprint density at radius 3 is 3.05 bits per heavy atom. The van der Waals surface area contributed by atoms with Crippen LogP contribution in [0.4, 0.5) is 0 Å². The van der Waals surface area contributed by atoms with Gasteiger partial charge in [0.05, 0.1) is 6.61 Å². The van der Waals surface area contributed by atoms with Crippen molar-refractivity contribution >= 4 is 29.5 Å². The molecule has 0 saturated carbocycles. The number of thiophene rings is 1. The highest BCUT2D eigenvalue weighted by Crippen LogP contribution is 1.96. The van der Waals surface area contributed by atoms with Crippen molar-refractivity contribution in [2.45, 2.75) is 6.92 Å². The molecule has 0 N–H and O–H groups in total. The number of hydrogen-bond acceptors (Lipinski definition) is 7. The van der Waals surface area contributed by atoms with E-state index in [1.54, 1.807) is 23.2 Å². The first-order valence-electron chi connectivity index (χ1n) is 5.84. The van der Waals surface area contributed by atoms with E-state index in [0.717, 1.165) is 9.89 Å². The molecule has 0 atom stereocenters. The number of carbonyl (C=O) groups excluding carboxylic acids is 2. The largest absolute Gasteiger partial charge is 0.463 e. The van der Waals surface area contributed by atoms with Gasteiger partial charge in [0.2, 0.25) is 0 Å². The van der Waals surface area contributed by atoms with Crippen LogP contribution in [0.2, 0.25) is 0 Å². The lowest BCUT2D eigenvalue weighted by atomic mass is 10.4. The van der Waals surface area contributed by atoms with Gasteiger partial charge in [-0.05, 0) is 18.4 Å². The van der Waals surface area contributed by atoms with Crippen LogP contribution in [-0.4, -0.2) is 43.3 Å². The quantitative estimate of drug-likeness (QED) is 0.680. The van der Waals surface area contributed by atoms with Crippen LogP contribution in [-0.2, 0) is 19.1 Å². The molecule has 1 aliphatic rings. The first-order valence-corrected chi connectivity index (χ1v) is 6.72. The van der Waals surface area contributed by atoms with Crippen LogP contribution in [0.1, 0.15) is 6.92 Å². The van der Waals surface area contributed by atoms with E-state index in [4.69, 9.17) is 4.74 Å². The minimum Gasteiger partial charge on any atom is -0.463 e. The molecule has 0 aromatic carbocycles. The van der Waals surface area contributed by atoms with E-state index in [1.807, 2.05) is 17.6 Å². The zero-order valence-electron chi connectivity index (χ0n) is 10.5. The summed E-state index contributed by atoms with van der Waals surface area (Å²) in [6, 6.07) is 1.94. The van der Waals surface area contributed by atoms with Crippen LogP contribution in [0.15, 0.2) is 16.4 Å². The Hall–Kier alpha value is -1.89. The van der Waals surface area contributed by atoms with Gasteiger partial charge in [-0.3, -0.25) is 9.79 Å². The summed E-state index contributed by atoms with van der Waals surface area (Å²) in [5, 5.41) is 2.95. The molecule has 0 bridgehead atoms. The third-order valence-corrected chi connectivity index (χ3v) is 3.24. The Balaban J connectivity index is 1.82. The Morgan fingerprint density at radius 2 is 2.26 bits per heavy atom. The van der Waals surface area contributed by atoms with Gasteiger partial charge in [-0.1, -0.05) is 0 Å². The first kappa shape index (κ1) is 13.5. The van der Waals surface area contributed by atoms with Crippen LogP contribution in [0.25, 0.3) is 6.20 Å². The molecular formula is C12H14N2O4S. The van der Waals surface area contributed by atoms with E-state index in [9.17, 15) is 9.59 Å². The Morgan fingerprint density at radius 1 is 1.42 bits per heavy atom. The molecule has 0 aliphatic carbocycles. The fraction of sp³-hybridized carbons (Fsp3) is 0.417. The molecule has 0 radical (unpaired) electrons. The highest BCUT2D eigenvalue weighted by Gasteiger charge is 2.12. The van der Waals surface area contributed by atoms with E-state index < -0.39 is 11.9 Å². The Bertz CT molecular complexity index is 581. The zero-order valence-corrected chi connectivity index (χ0v) is 11.3. The van der Waals surface area contributed by atoms with Gasteiger partial charge in [0, 0.05) is 11.4 Å². The summed E-state index contributed by atoms with van der Waals surface area (Å²) in [5.74, 6) is -1.01. The second kappa shape index (κ2) is 6.33. The Labute approximate surface area is 114 Å². The maximum atomic E-state index is 11.5. The Kier molecular flexibility index (Phi) is 4.51. The van der Waals surface area contributed by atoms with Gasteiger partial charge in [-0.15, -0.1) is 11.3 Å². The average Bonchev–Trinajstić information content (AvgIpc) is 2.84. The number of esters is 2. The van der Waals surface area contributed by atoms with Gasteiger partial charge in [-0.2, -0.15) is 0 Å². The lowest BCUT2D eigenvalue weighted by Gasteiger charge is -2.18. The summed E-state index contributed by atoms with van der Waals surface area (Å²) in [6.07, 6.45) is 1.87. The van der Waals surface area contributed by atoms with Crippen molar-refractivity contribution in [3.63, 3.8) is 0 Å². The molecule has 0 saturated heterocycles. The van der Waals surface area contributed by atoms with Crippen molar-refractivity contribution in [3.8, 4) is 0 Å². The van der Waals surface area contributed by atoms with Crippen molar-refractivity contribution in [2.75, 3.05) is 26.4 Å². The predicted octanol–water partition coefficient (Wildman–Crippen LogP) is -0.515. The summed E-state index contributed by atoms with van der Waals surface area (Å²) < 4.78 is 10.4. The normalized spacial score (nSPS) is 13.0. The summed E-state index contributed by atoms with van der Waals surface area (Å²) in [5.41, 5.74) is 0. The molecule has 2 rings (SSSR count). The molecule has 0 fully saturated rings. The van der Waals surface area contributed by atoms with Crippen LogP contribution in [0, 0.1) is 0 Å². The standard InChI is InChI=1S/C12H14N2O4S/c1-2-17-11(16)7-18-10(15)6-14-5-9-3-4-19-12(9)13-8-14/h3-5H,2,6-8H2,1H3. The van der Waals surface area contributed by atoms with E-state index in [0.29, 0.717) is 6.67 Å². The van der Waals surface area contributed by atoms with Crippen molar-refractivity contribution in [3.05, 3.63) is 21.3 Å². The molecule has 19 heavy (non-hydrogen) atoms. The van der Waals surface area contributed by atoms with Gasteiger partial charge in [0.25, 0.3) is 0 Å². The lowest BCUT2D eigenvalue weighted by Crippen LogP contribution is -2.36.